The summed E-state index contributed by atoms with van der Waals surface area (Å²) in [6, 6.07) is 10.1. The smallest absolute Gasteiger partial charge is 0.497 e. The summed E-state index contributed by atoms with van der Waals surface area (Å²) in [5.74, 6) is -0.120. The first-order chi connectivity index (χ1) is 12.5. The first-order valence-electron chi connectivity index (χ1n) is 7.74. The van der Waals surface area contributed by atoms with Gasteiger partial charge in [0.2, 0.25) is 5.88 Å². The molecule has 0 N–H and O–H groups in total. The van der Waals surface area contributed by atoms with Crippen molar-refractivity contribution in [1.82, 2.24) is 4.98 Å². The molecule has 1 heterocycles. The maximum absolute atomic E-state index is 12.7. The third kappa shape index (κ3) is 4.77. The SMILES string of the molecule is COc1cccc(-c2cc(C(C)(C)C)nc(OS(=O)C(F)(F)F)c2C#N)c1. The van der Waals surface area contributed by atoms with Gasteiger partial charge in [0.05, 0.1) is 12.8 Å². The van der Waals surface area contributed by atoms with Gasteiger partial charge >= 0.3 is 16.6 Å². The zero-order valence-electron chi connectivity index (χ0n) is 15.0. The zero-order valence-corrected chi connectivity index (χ0v) is 15.9. The highest BCUT2D eigenvalue weighted by atomic mass is 32.2. The van der Waals surface area contributed by atoms with Crippen LogP contribution in [0.1, 0.15) is 32.0 Å². The molecule has 0 aliphatic rings. The Labute approximate surface area is 157 Å². The van der Waals surface area contributed by atoms with E-state index in [0.717, 1.165) is 0 Å². The second kappa shape index (κ2) is 7.56. The minimum atomic E-state index is -5.09. The molecule has 2 rings (SSSR count). The number of hydrogen-bond donors (Lipinski definition) is 0. The third-order valence-electron chi connectivity index (χ3n) is 3.59. The average molecular weight is 398 g/mol. The van der Waals surface area contributed by atoms with Gasteiger partial charge in [-0.15, -0.1) is 0 Å². The summed E-state index contributed by atoms with van der Waals surface area (Å²) >= 11 is -3.64. The summed E-state index contributed by atoms with van der Waals surface area (Å²) in [7, 11) is 1.47. The minimum absolute atomic E-state index is 0.242. The van der Waals surface area contributed by atoms with Gasteiger partial charge in [0.15, 0.2) is 0 Å². The molecule has 144 valence electrons. The number of hydrogen-bond acceptors (Lipinski definition) is 5. The number of ether oxygens (including phenoxy) is 1. The van der Waals surface area contributed by atoms with Crippen molar-refractivity contribution in [3.63, 3.8) is 0 Å². The molecule has 0 aliphatic carbocycles. The molecular formula is C18H17F3N2O3S. The summed E-state index contributed by atoms with van der Waals surface area (Å²) in [5.41, 5.74) is -4.67. The van der Waals surface area contributed by atoms with Crippen molar-refractivity contribution >= 4 is 11.1 Å². The van der Waals surface area contributed by atoms with Crippen LogP contribution in [0.25, 0.3) is 11.1 Å². The van der Waals surface area contributed by atoms with E-state index >= 15 is 0 Å². The van der Waals surface area contributed by atoms with Crippen LogP contribution in [-0.4, -0.2) is 21.8 Å². The Bertz CT molecular complexity index is 916. The minimum Gasteiger partial charge on any atom is -0.497 e. The monoisotopic (exact) mass is 398 g/mol. The molecule has 5 nitrogen and oxygen atoms in total. The Morgan fingerprint density at radius 1 is 1.19 bits per heavy atom. The molecule has 0 fully saturated rings. The summed E-state index contributed by atoms with van der Waals surface area (Å²) in [5, 5.41) is 9.52. The quantitative estimate of drug-likeness (QED) is 0.759. The highest BCUT2D eigenvalue weighted by molar-refractivity contribution is 7.81. The molecule has 0 amide bonds. The molecule has 0 saturated heterocycles. The van der Waals surface area contributed by atoms with E-state index in [9.17, 15) is 22.6 Å². The third-order valence-corrected chi connectivity index (χ3v) is 4.28. The number of alkyl halides is 3. The number of rotatable bonds is 4. The number of nitriles is 1. The van der Waals surface area contributed by atoms with E-state index in [2.05, 4.69) is 9.17 Å². The number of pyridine rings is 1. The summed E-state index contributed by atoms with van der Waals surface area (Å²) < 4.78 is 59.1. The lowest BCUT2D eigenvalue weighted by molar-refractivity contribution is -0.0438. The molecule has 1 atom stereocenters. The molecule has 0 aliphatic heterocycles. The normalized spacial score (nSPS) is 13.0. The largest absolute Gasteiger partial charge is 0.508 e. The van der Waals surface area contributed by atoms with Crippen LogP contribution >= 0.6 is 0 Å². The van der Waals surface area contributed by atoms with Gasteiger partial charge in [-0.2, -0.15) is 18.4 Å². The van der Waals surface area contributed by atoms with Gasteiger partial charge < -0.3 is 8.92 Å². The van der Waals surface area contributed by atoms with Crippen LogP contribution in [0.3, 0.4) is 0 Å². The topological polar surface area (TPSA) is 72.2 Å². The van der Waals surface area contributed by atoms with Gasteiger partial charge in [0, 0.05) is 11.0 Å². The lowest BCUT2D eigenvalue weighted by Gasteiger charge is -2.21. The molecular weight excluding hydrogens is 381 g/mol. The van der Waals surface area contributed by atoms with E-state index in [0.29, 0.717) is 22.6 Å². The second-order valence-corrected chi connectivity index (χ2v) is 7.69. The van der Waals surface area contributed by atoms with E-state index in [1.165, 1.54) is 7.11 Å². The van der Waals surface area contributed by atoms with Crippen molar-refractivity contribution in [1.29, 1.82) is 5.26 Å². The molecule has 1 aromatic carbocycles. The Kier molecular flexibility index (Phi) is 5.80. The highest BCUT2D eigenvalue weighted by Crippen LogP contribution is 2.36. The van der Waals surface area contributed by atoms with Crippen LogP contribution in [0.2, 0.25) is 0 Å². The van der Waals surface area contributed by atoms with E-state index < -0.39 is 27.9 Å². The Balaban J connectivity index is 2.73. The molecule has 1 unspecified atom stereocenters. The van der Waals surface area contributed by atoms with E-state index in [1.807, 2.05) is 0 Å². The molecule has 0 bridgehead atoms. The van der Waals surface area contributed by atoms with Gasteiger partial charge in [-0.3, -0.25) is 0 Å². The molecule has 9 heteroatoms. The predicted molar refractivity (Wildman–Crippen MR) is 94.5 cm³/mol. The number of benzene rings is 1. The molecule has 0 saturated carbocycles. The van der Waals surface area contributed by atoms with Crippen molar-refractivity contribution < 1.29 is 26.3 Å². The van der Waals surface area contributed by atoms with Crippen molar-refractivity contribution in [2.45, 2.75) is 31.7 Å². The van der Waals surface area contributed by atoms with Gasteiger partial charge in [-0.05, 0) is 23.8 Å². The molecule has 1 aromatic heterocycles. The van der Waals surface area contributed by atoms with Gasteiger partial charge in [-0.25, -0.2) is 9.19 Å². The van der Waals surface area contributed by atoms with Crippen LogP contribution in [0.4, 0.5) is 13.2 Å². The van der Waals surface area contributed by atoms with Crippen molar-refractivity contribution in [3.05, 3.63) is 41.6 Å². The molecule has 2 aromatic rings. The maximum Gasteiger partial charge on any atom is 0.508 e. The van der Waals surface area contributed by atoms with Crippen LogP contribution in [-0.2, 0) is 16.5 Å². The Morgan fingerprint density at radius 2 is 1.85 bits per heavy atom. The van der Waals surface area contributed by atoms with Crippen molar-refractivity contribution in [3.8, 4) is 28.8 Å². The van der Waals surface area contributed by atoms with Crippen molar-refractivity contribution in [2.75, 3.05) is 7.11 Å². The fourth-order valence-electron chi connectivity index (χ4n) is 2.21. The fourth-order valence-corrected chi connectivity index (χ4v) is 2.57. The van der Waals surface area contributed by atoms with Crippen LogP contribution in [0, 0.1) is 11.3 Å². The number of halogens is 3. The maximum atomic E-state index is 12.7. The van der Waals surface area contributed by atoms with E-state index in [-0.39, 0.29) is 5.56 Å². The number of methoxy groups -OCH3 is 1. The first kappa shape index (κ1) is 20.7. The predicted octanol–water partition coefficient (Wildman–Crippen LogP) is 4.49. The number of nitrogens with zero attached hydrogens (tertiary/aromatic N) is 2. The van der Waals surface area contributed by atoms with Crippen LogP contribution < -0.4 is 8.92 Å². The zero-order chi connectivity index (χ0) is 20.4. The molecule has 27 heavy (non-hydrogen) atoms. The van der Waals surface area contributed by atoms with Gasteiger partial charge in [0.25, 0.3) is 0 Å². The van der Waals surface area contributed by atoms with Crippen LogP contribution in [0.15, 0.2) is 30.3 Å². The van der Waals surface area contributed by atoms with Crippen LogP contribution in [0.5, 0.6) is 11.6 Å². The lowest BCUT2D eigenvalue weighted by Crippen LogP contribution is -2.23. The van der Waals surface area contributed by atoms with E-state index in [1.54, 1.807) is 57.2 Å². The van der Waals surface area contributed by atoms with Gasteiger partial charge in [0.1, 0.15) is 17.4 Å². The van der Waals surface area contributed by atoms with E-state index in [4.69, 9.17) is 4.74 Å². The summed E-state index contributed by atoms with van der Waals surface area (Å²) in [6.07, 6.45) is 0. The molecule has 0 radical (unpaired) electrons. The van der Waals surface area contributed by atoms with Crippen molar-refractivity contribution in [2.24, 2.45) is 0 Å². The summed E-state index contributed by atoms with van der Waals surface area (Å²) in [4.78, 5) is 4.03. The standard InChI is InChI=1S/C18H17F3N2O3S/c1-17(2,3)15-9-13(11-6-5-7-12(8-11)25-4)14(10-22)16(23-15)26-27(24)18(19,20)21/h5-9H,1-4H3. The van der Waals surface area contributed by atoms with Gasteiger partial charge in [-0.1, -0.05) is 32.9 Å². The second-order valence-electron chi connectivity index (χ2n) is 6.59. The fraction of sp³-hybridized carbons (Fsp3) is 0.333. The highest BCUT2D eigenvalue weighted by Gasteiger charge is 2.41. The molecule has 0 spiro atoms. The Hall–Kier alpha value is -2.60. The average Bonchev–Trinajstić information content (AvgIpc) is 2.59. The number of aromatic nitrogens is 1. The lowest BCUT2D eigenvalue weighted by atomic mass is 9.88. The first-order valence-corrected chi connectivity index (χ1v) is 8.82. The Morgan fingerprint density at radius 3 is 2.37 bits per heavy atom. The summed E-state index contributed by atoms with van der Waals surface area (Å²) in [6.45, 7) is 5.42.